The summed E-state index contributed by atoms with van der Waals surface area (Å²) in [4.78, 5) is 7.54. The first kappa shape index (κ1) is 12.3. The molecule has 1 heterocycles. The summed E-state index contributed by atoms with van der Waals surface area (Å²) in [6.07, 6.45) is 5.57. The number of hydrogen-bond donors (Lipinski definition) is 2. The number of thioether (sulfide) groups is 1. The van der Waals surface area contributed by atoms with Crippen molar-refractivity contribution in [2.45, 2.75) is 0 Å². The molecular weight excluding hydrogens is 248 g/mol. The molecule has 18 heavy (non-hydrogen) atoms. The Bertz CT molecular complexity index is 627. The average molecular weight is 260 g/mol. The van der Waals surface area contributed by atoms with Crippen LogP contribution >= 0.6 is 11.8 Å². The van der Waals surface area contributed by atoms with Gasteiger partial charge in [0.2, 0.25) is 0 Å². The molecule has 0 atom stereocenters. The number of nitrogens with one attached hydrogen (secondary N) is 2. The highest BCUT2D eigenvalue weighted by atomic mass is 32.2. The predicted octanol–water partition coefficient (Wildman–Crippen LogP) is 2.60. The zero-order valence-corrected chi connectivity index (χ0v) is 10.8. The summed E-state index contributed by atoms with van der Waals surface area (Å²) in [6.45, 7) is 0. The molecule has 0 bridgehead atoms. The molecule has 92 valence electrons. The predicted molar refractivity (Wildman–Crippen MR) is 74.2 cm³/mol. The van der Waals surface area contributed by atoms with Gasteiger partial charge < -0.3 is 9.72 Å². The molecule has 0 saturated carbocycles. The van der Waals surface area contributed by atoms with Crippen LogP contribution in [-0.2, 0) is 0 Å². The molecule has 0 spiro atoms. The number of amidine groups is 1. The zero-order valence-electron chi connectivity index (χ0n) is 10.0. The van der Waals surface area contributed by atoms with Crippen molar-refractivity contribution in [2.75, 3.05) is 13.4 Å². The van der Waals surface area contributed by atoms with Gasteiger partial charge >= 0.3 is 0 Å². The maximum atomic E-state index is 8.63. The SMILES string of the molecule is COc1cc(N=C(NC#N)SC)c2cc[nH]c2c1. The summed E-state index contributed by atoms with van der Waals surface area (Å²) in [5, 5.41) is 12.7. The second-order valence-electron chi connectivity index (χ2n) is 3.44. The highest BCUT2D eigenvalue weighted by molar-refractivity contribution is 8.13. The lowest BCUT2D eigenvalue weighted by molar-refractivity contribution is 0.415. The lowest BCUT2D eigenvalue weighted by atomic mass is 10.2. The van der Waals surface area contributed by atoms with Gasteiger partial charge in [-0.2, -0.15) is 5.26 Å². The van der Waals surface area contributed by atoms with E-state index in [1.54, 1.807) is 7.11 Å². The monoisotopic (exact) mass is 260 g/mol. The molecule has 1 aromatic carbocycles. The lowest BCUT2D eigenvalue weighted by Gasteiger charge is -2.05. The van der Waals surface area contributed by atoms with Gasteiger partial charge in [-0.3, -0.25) is 5.32 Å². The molecule has 1 aromatic heterocycles. The zero-order chi connectivity index (χ0) is 13.0. The van der Waals surface area contributed by atoms with Gasteiger partial charge in [-0.05, 0) is 12.3 Å². The average Bonchev–Trinajstić information content (AvgIpc) is 2.86. The van der Waals surface area contributed by atoms with E-state index in [4.69, 9.17) is 10.00 Å². The van der Waals surface area contributed by atoms with E-state index in [1.165, 1.54) is 11.8 Å². The summed E-state index contributed by atoms with van der Waals surface area (Å²) < 4.78 is 5.23. The van der Waals surface area contributed by atoms with Crippen molar-refractivity contribution in [3.8, 4) is 11.9 Å². The Morgan fingerprint density at radius 2 is 2.39 bits per heavy atom. The molecule has 0 amide bonds. The molecule has 2 aromatic rings. The summed E-state index contributed by atoms with van der Waals surface area (Å²) in [7, 11) is 1.61. The van der Waals surface area contributed by atoms with Crippen molar-refractivity contribution in [3.63, 3.8) is 0 Å². The van der Waals surface area contributed by atoms with Crippen LogP contribution in [0.4, 0.5) is 5.69 Å². The van der Waals surface area contributed by atoms with E-state index < -0.39 is 0 Å². The molecule has 2 N–H and O–H groups in total. The minimum atomic E-state index is 0.549. The van der Waals surface area contributed by atoms with Gasteiger partial charge in [0.1, 0.15) is 5.75 Å². The summed E-state index contributed by atoms with van der Waals surface area (Å²) >= 11 is 1.38. The van der Waals surface area contributed by atoms with Crippen molar-refractivity contribution in [2.24, 2.45) is 4.99 Å². The Labute approximate surface area is 109 Å². The fraction of sp³-hybridized carbons (Fsp3) is 0.167. The fourth-order valence-corrected chi connectivity index (χ4v) is 1.95. The van der Waals surface area contributed by atoms with Crippen molar-refractivity contribution in [1.82, 2.24) is 10.3 Å². The van der Waals surface area contributed by atoms with E-state index in [-0.39, 0.29) is 0 Å². The summed E-state index contributed by atoms with van der Waals surface area (Å²) in [5.74, 6) is 0.723. The normalized spacial score (nSPS) is 11.3. The van der Waals surface area contributed by atoms with Crippen LogP contribution in [0.1, 0.15) is 0 Å². The van der Waals surface area contributed by atoms with Crippen LogP contribution in [0.2, 0.25) is 0 Å². The Hall–Kier alpha value is -2.13. The Morgan fingerprint density at radius 1 is 1.56 bits per heavy atom. The van der Waals surface area contributed by atoms with E-state index in [0.717, 1.165) is 22.3 Å². The van der Waals surface area contributed by atoms with Crippen LogP contribution < -0.4 is 10.1 Å². The Kier molecular flexibility index (Phi) is 3.75. The number of H-pyrrole nitrogens is 1. The van der Waals surface area contributed by atoms with Gasteiger partial charge in [0.25, 0.3) is 0 Å². The largest absolute Gasteiger partial charge is 0.497 e. The number of nitrogens with zero attached hydrogens (tertiary/aromatic N) is 2. The number of nitriles is 1. The summed E-state index contributed by atoms with van der Waals surface area (Å²) in [6, 6.07) is 5.69. The minimum absolute atomic E-state index is 0.549. The number of benzene rings is 1. The fourth-order valence-electron chi connectivity index (χ4n) is 1.61. The van der Waals surface area contributed by atoms with Gasteiger partial charge in [-0.15, -0.1) is 0 Å². The van der Waals surface area contributed by atoms with Crippen molar-refractivity contribution < 1.29 is 4.74 Å². The molecule has 2 rings (SSSR count). The van der Waals surface area contributed by atoms with E-state index in [0.29, 0.717) is 5.17 Å². The minimum Gasteiger partial charge on any atom is -0.497 e. The first-order chi connectivity index (χ1) is 8.78. The van der Waals surface area contributed by atoms with E-state index in [9.17, 15) is 0 Å². The van der Waals surface area contributed by atoms with Gasteiger partial charge in [0.05, 0.1) is 18.3 Å². The van der Waals surface area contributed by atoms with Crippen LogP contribution in [0.15, 0.2) is 29.4 Å². The second kappa shape index (κ2) is 5.47. The quantitative estimate of drug-likeness (QED) is 0.377. The first-order valence-corrected chi connectivity index (χ1v) is 6.44. The Balaban J connectivity index is 2.55. The third-order valence-electron chi connectivity index (χ3n) is 2.43. The van der Waals surface area contributed by atoms with Crippen molar-refractivity contribution >= 4 is 33.5 Å². The number of fused-ring (bicyclic) bond motifs is 1. The van der Waals surface area contributed by atoms with Gasteiger partial charge in [0.15, 0.2) is 11.4 Å². The topological polar surface area (TPSA) is 73.2 Å². The molecule has 0 radical (unpaired) electrons. The third kappa shape index (κ3) is 2.41. The Morgan fingerprint density at radius 3 is 3.06 bits per heavy atom. The molecular formula is C12H12N4OS. The number of aromatic nitrogens is 1. The van der Waals surface area contributed by atoms with Gasteiger partial charge in [-0.1, -0.05) is 11.8 Å². The van der Waals surface area contributed by atoms with E-state index in [1.807, 2.05) is 36.8 Å². The number of aromatic amines is 1. The van der Waals surface area contributed by atoms with E-state index >= 15 is 0 Å². The number of methoxy groups -OCH3 is 1. The van der Waals surface area contributed by atoms with Crippen LogP contribution in [0.5, 0.6) is 5.75 Å². The van der Waals surface area contributed by atoms with Gasteiger partial charge in [0, 0.05) is 23.7 Å². The molecule has 0 saturated heterocycles. The molecule has 0 aliphatic heterocycles. The lowest BCUT2D eigenvalue weighted by Crippen LogP contribution is -2.12. The van der Waals surface area contributed by atoms with Crippen LogP contribution in [0, 0.1) is 11.5 Å². The first-order valence-electron chi connectivity index (χ1n) is 5.21. The number of aliphatic imine (C=N–C) groups is 1. The highest BCUT2D eigenvalue weighted by Crippen LogP contribution is 2.31. The maximum Gasteiger partial charge on any atom is 0.183 e. The molecule has 0 fully saturated rings. The molecule has 0 aliphatic carbocycles. The van der Waals surface area contributed by atoms with Gasteiger partial charge in [-0.25, -0.2) is 4.99 Å². The van der Waals surface area contributed by atoms with Crippen molar-refractivity contribution in [3.05, 3.63) is 24.4 Å². The maximum absolute atomic E-state index is 8.63. The van der Waals surface area contributed by atoms with Crippen LogP contribution in [0.3, 0.4) is 0 Å². The summed E-state index contributed by atoms with van der Waals surface area (Å²) in [5.41, 5.74) is 1.71. The second-order valence-corrected chi connectivity index (χ2v) is 4.24. The number of ether oxygens (including phenoxy) is 1. The standard InChI is InChI=1S/C12H12N4OS/c1-17-8-5-10-9(3-4-14-10)11(6-8)16-12(18-2)15-7-13/h3-6,14H,1-2H3,(H,15,16). The van der Waals surface area contributed by atoms with Crippen LogP contribution in [-0.4, -0.2) is 23.5 Å². The molecule has 0 unspecified atom stereocenters. The number of rotatable bonds is 2. The smallest absolute Gasteiger partial charge is 0.183 e. The third-order valence-corrected chi connectivity index (χ3v) is 3.01. The molecule has 5 nitrogen and oxygen atoms in total. The molecule has 6 heteroatoms. The van der Waals surface area contributed by atoms with Crippen molar-refractivity contribution in [1.29, 1.82) is 5.26 Å². The highest BCUT2D eigenvalue weighted by Gasteiger charge is 2.06. The van der Waals surface area contributed by atoms with Crippen LogP contribution in [0.25, 0.3) is 10.9 Å². The van der Waals surface area contributed by atoms with E-state index in [2.05, 4.69) is 15.3 Å². The molecule has 0 aliphatic rings. The number of hydrogen-bond acceptors (Lipinski definition) is 4.